The molecule has 0 heterocycles. The van der Waals surface area contributed by atoms with Gasteiger partial charge >= 0.3 is 0 Å². The first-order valence-electron chi connectivity index (χ1n) is 6.51. The van der Waals surface area contributed by atoms with Crippen LogP contribution in [0.15, 0.2) is 47.4 Å². The van der Waals surface area contributed by atoms with E-state index in [0.29, 0.717) is 0 Å². The van der Waals surface area contributed by atoms with Crippen LogP contribution in [0.3, 0.4) is 0 Å². The van der Waals surface area contributed by atoms with Crippen LogP contribution in [-0.4, -0.2) is 32.7 Å². The second-order valence-corrected chi connectivity index (χ2v) is 7.42. The third kappa shape index (κ3) is 3.87. The van der Waals surface area contributed by atoms with Crippen molar-refractivity contribution in [3.8, 4) is 0 Å². The quantitative estimate of drug-likeness (QED) is 0.915. The molecular weight excluding hydrogens is 343 g/mol. The third-order valence-corrected chi connectivity index (χ3v) is 5.33. The first kappa shape index (κ1) is 17.4. The predicted molar refractivity (Wildman–Crippen MR) is 86.7 cm³/mol. The Morgan fingerprint density at radius 1 is 1.17 bits per heavy atom. The molecule has 0 aliphatic heterocycles. The van der Waals surface area contributed by atoms with Gasteiger partial charge in [0.15, 0.2) is 0 Å². The fourth-order valence-electron chi connectivity index (χ4n) is 1.81. The van der Waals surface area contributed by atoms with Gasteiger partial charge in [-0.25, -0.2) is 17.1 Å². The lowest BCUT2D eigenvalue weighted by atomic mass is 10.2. The molecule has 0 saturated carbocycles. The molecule has 122 valence electrons. The average molecular weight is 357 g/mol. The van der Waals surface area contributed by atoms with Crippen molar-refractivity contribution in [2.24, 2.45) is 0 Å². The lowest BCUT2D eigenvalue weighted by Gasteiger charge is -2.14. The van der Waals surface area contributed by atoms with Crippen molar-refractivity contribution < 1.29 is 17.6 Å². The number of benzene rings is 2. The van der Waals surface area contributed by atoms with Crippen LogP contribution in [0.25, 0.3) is 0 Å². The molecule has 0 aliphatic rings. The number of amides is 1. The number of nitrogens with zero attached hydrogens (tertiary/aromatic N) is 1. The second kappa shape index (κ2) is 6.66. The molecule has 23 heavy (non-hydrogen) atoms. The van der Waals surface area contributed by atoms with Gasteiger partial charge in [0.1, 0.15) is 10.7 Å². The fraction of sp³-hybridized carbons (Fsp3) is 0.133. The van der Waals surface area contributed by atoms with Gasteiger partial charge in [0, 0.05) is 25.3 Å². The average Bonchev–Trinajstić information content (AvgIpc) is 2.47. The maximum atomic E-state index is 13.1. The molecule has 0 fully saturated rings. The number of hydrogen-bond acceptors (Lipinski definition) is 3. The first-order chi connectivity index (χ1) is 10.7. The van der Waals surface area contributed by atoms with E-state index in [0.717, 1.165) is 10.4 Å². The van der Waals surface area contributed by atoms with E-state index in [9.17, 15) is 17.6 Å². The highest BCUT2D eigenvalue weighted by atomic mass is 35.5. The Morgan fingerprint density at radius 3 is 2.48 bits per heavy atom. The largest absolute Gasteiger partial charge is 0.322 e. The lowest BCUT2D eigenvalue weighted by molar-refractivity contribution is 0.102. The molecular formula is C15H14ClFN2O3S. The molecule has 2 rings (SSSR count). The Kier molecular flexibility index (Phi) is 5.03. The van der Waals surface area contributed by atoms with Gasteiger partial charge in [-0.05, 0) is 36.4 Å². The Bertz CT molecular complexity index is 854. The monoisotopic (exact) mass is 356 g/mol. The van der Waals surface area contributed by atoms with E-state index in [1.54, 1.807) is 0 Å². The molecule has 0 saturated heterocycles. The van der Waals surface area contributed by atoms with Crippen LogP contribution in [0.1, 0.15) is 10.4 Å². The summed E-state index contributed by atoms with van der Waals surface area (Å²) >= 11 is 5.92. The SMILES string of the molecule is CN(C)S(=O)(=O)c1cc(C(=O)Nc2cccc(F)c2)ccc1Cl. The minimum atomic E-state index is -3.78. The maximum absolute atomic E-state index is 13.1. The molecule has 5 nitrogen and oxygen atoms in total. The third-order valence-electron chi connectivity index (χ3n) is 3.03. The zero-order chi connectivity index (χ0) is 17.2. The van der Waals surface area contributed by atoms with Crippen molar-refractivity contribution in [1.82, 2.24) is 4.31 Å². The number of nitrogens with one attached hydrogen (secondary N) is 1. The van der Waals surface area contributed by atoms with Crippen LogP contribution in [0.2, 0.25) is 5.02 Å². The molecule has 0 unspecified atom stereocenters. The summed E-state index contributed by atoms with van der Waals surface area (Å²) < 4.78 is 38.5. The van der Waals surface area contributed by atoms with Gasteiger partial charge in [0.2, 0.25) is 10.0 Å². The normalized spacial score (nSPS) is 11.5. The van der Waals surface area contributed by atoms with Gasteiger partial charge < -0.3 is 5.32 Å². The Labute approximate surface area is 138 Å². The van der Waals surface area contributed by atoms with Crippen LogP contribution in [0.4, 0.5) is 10.1 Å². The van der Waals surface area contributed by atoms with Gasteiger partial charge in [0.25, 0.3) is 5.91 Å². The number of anilines is 1. The van der Waals surface area contributed by atoms with Crippen molar-refractivity contribution in [3.63, 3.8) is 0 Å². The summed E-state index contributed by atoms with van der Waals surface area (Å²) in [5.41, 5.74) is 0.362. The molecule has 0 atom stereocenters. The Morgan fingerprint density at radius 2 is 1.87 bits per heavy atom. The van der Waals surface area contributed by atoms with E-state index >= 15 is 0 Å². The van der Waals surface area contributed by atoms with Crippen LogP contribution in [0, 0.1) is 5.82 Å². The maximum Gasteiger partial charge on any atom is 0.255 e. The summed E-state index contributed by atoms with van der Waals surface area (Å²) in [6.45, 7) is 0. The second-order valence-electron chi connectivity index (χ2n) is 4.90. The fourth-order valence-corrected chi connectivity index (χ4v) is 3.20. The number of carbonyl (C=O) groups is 1. The van der Waals surface area contributed by atoms with Crippen molar-refractivity contribution >= 4 is 33.2 Å². The number of hydrogen-bond donors (Lipinski definition) is 1. The molecule has 2 aromatic rings. The highest BCUT2D eigenvalue weighted by Crippen LogP contribution is 2.25. The molecule has 0 radical (unpaired) electrons. The van der Waals surface area contributed by atoms with Crippen molar-refractivity contribution in [2.45, 2.75) is 4.90 Å². The number of halogens is 2. The van der Waals surface area contributed by atoms with Crippen molar-refractivity contribution in [1.29, 1.82) is 0 Å². The summed E-state index contributed by atoms with van der Waals surface area (Å²) in [4.78, 5) is 12.0. The summed E-state index contributed by atoms with van der Waals surface area (Å²) in [5.74, 6) is -1.06. The number of rotatable bonds is 4. The molecule has 1 amide bonds. The minimum absolute atomic E-state index is 0.0148. The summed E-state index contributed by atoms with van der Waals surface area (Å²) in [6, 6.07) is 9.30. The minimum Gasteiger partial charge on any atom is -0.322 e. The number of sulfonamides is 1. The van der Waals surface area contributed by atoms with Crippen molar-refractivity contribution in [3.05, 3.63) is 58.9 Å². The molecule has 0 aliphatic carbocycles. The van der Waals surface area contributed by atoms with Crippen LogP contribution < -0.4 is 5.32 Å². The van der Waals surface area contributed by atoms with Gasteiger partial charge in [-0.15, -0.1) is 0 Å². The standard InChI is InChI=1S/C15H14ClFN2O3S/c1-19(2)23(21,22)14-8-10(6-7-13(14)16)15(20)18-12-5-3-4-11(17)9-12/h3-9H,1-2H3,(H,18,20). The predicted octanol–water partition coefficient (Wildman–Crippen LogP) is 2.98. The van der Waals surface area contributed by atoms with E-state index < -0.39 is 21.7 Å². The first-order valence-corrected chi connectivity index (χ1v) is 8.32. The van der Waals surface area contributed by atoms with E-state index in [4.69, 9.17) is 11.6 Å². The summed E-state index contributed by atoms with van der Waals surface area (Å²) in [7, 11) is -1.05. The highest BCUT2D eigenvalue weighted by Gasteiger charge is 2.22. The van der Waals surface area contributed by atoms with Gasteiger partial charge in [0.05, 0.1) is 5.02 Å². The van der Waals surface area contributed by atoms with E-state index in [1.807, 2.05) is 0 Å². The van der Waals surface area contributed by atoms with Gasteiger partial charge in [-0.2, -0.15) is 0 Å². The van der Waals surface area contributed by atoms with E-state index in [-0.39, 0.29) is 21.2 Å². The van der Waals surface area contributed by atoms with Crippen LogP contribution >= 0.6 is 11.6 Å². The summed E-state index contributed by atoms with van der Waals surface area (Å²) in [5, 5.41) is 2.51. The van der Waals surface area contributed by atoms with Crippen LogP contribution in [-0.2, 0) is 10.0 Å². The molecule has 1 N–H and O–H groups in total. The molecule has 2 aromatic carbocycles. The van der Waals surface area contributed by atoms with Gasteiger partial charge in [-0.3, -0.25) is 4.79 Å². The van der Waals surface area contributed by atoms with Gasteiger partial charge in [-0.1, -0.05) is 17.7 Å². The number of carbonyl (C=O) groups excluding carboxylic acids is 1. The highest BCUT2D eigenvalue weighted by molar-refractivity contribution is 7.89. The van der Waals surface area contributed by atoms with E-state index in [1.165, 1.54) is 50.5 Å². The lowest BCUT2D eigenvalue weighted by Crippen LogP contribution is -2.23. The summed E-state index contributed by atoms with van der Waals surface area (Å²) in [6.07, 6.45) is 0. The molecule has 0 spiro atoms. The Balaban J connectivity index is 2.36. The van der Waals surface area contributed by atoms with Crippen molar-refractivity contribution in [2.75, 3.05) is 19.4 Å². The molecule has 0 bridgehead atoms. The molecule has 8 heteroatoms. The zero-order valence-corrected chi connectivity index (χ0v) is 14.0. The molecule has 0 aromatic heterocycles. The zero-order valence-electron chi connectivity index (χ0n) is 12.4. The smallest absolute Gasteiger partial charge is 0.255 e. The topological polar surface area (TPSA) is 66.5 Å². The van der Waals surface area contributed by atoms with E-state index in [2.05, 4.69) is 5.32 Å². The van der Waals surface area contributed by atoms with Crippen LogP contribution in [0.5, 0.6) is 0 Å². The Hall–Kier alpha value is -1.96.